The zero-order valence-corrected chi connectivity index (χ0v) is 15.7. The summed E-state index contributed by atoms with van der Waals surface area (Å²) in [6.45, 7) is 2.01. The molecule has 0 aliphatic carbocycles. The van der Waals surface area contributed by atoms with E-state index in [9.17, 15) is 18.0 Å². The van der Waals surface area contributed by atoms with Gasteiger partial charge in [0.15, 0.2) is 0 Å². The van der Waals surface area contributed by atoms with Gasteiger partial charge >= 0.3 is 6.36 Å². The van der Waals surface area contributed by atoms with Crippen molar-refractivity contribution in [3.8, 4) is 11.5 Å². The Bertz CT molecular complexity index is 922. The molecular formula is C21H21F3N2O3. The van der Waals surface area contributed by atoms with Crippen molar-refractivity contribution in [1.29, 1.82) is 0 Å². The molecular weight excluding hydrogens is 385 g/mol. The number of hydrogen-bond acceptors (Lipinski definition) is 4. The fourth-order valence-corrected chi connectivity index (χ4v) is 4.10. The minimum absolute atomic E-state index is 0.154. The second-order valence-electron chi connectivity index (χ2n) is 7.47. The predicted octanol–water partition coefficient (Wildman–Crippen LogP) is 3.61. The molecule has 5 nitrogen and oxygen atoms in total. The monoisotopic (exact) mass is 406 g/mol. The molecule has 2 N–H and O–H groups in total. The zero-order valence-electron chi connectivity index (χ0n) is 15.7. The number of carbonyl (C=O) groups excluding carboxylic acids is 1. The molecule has 1 saturated heterocycles. The Labute approximate surface area is 166 Å². The lowest BCUT2D eigenvalue weighted by Crippen LogP contribution is -2.46. The van der Waals surface area contributed by atoms with E-state index in [0.717, 1.165) is 35.8 Å². The number of rotatable bonds is 3. The summed E-state index contributed by atoms with van der Waals surface area (Å²) in [5, 5.41) is 0. The fraction of sp³-hybridized carbons (Fsp3) is 0.381. The molecule has 0 aromatic heterocycles. The van der Waals surface area contributed by atoms with Crippen LogP contribution in [-0.2, 0) is 12.0 Å². The third kappa shape index (κ3) is 3.89. The molecule has 0 radical (unpaired) electrons. The Kier molecular flexibility index (Phi) is 4.90. The van der Waals surface area contributed by atoms with Crippen LogP contribution in [0.25, 0.3) is 0 Å². The first kappa shape index (κ1) is 19.6. The summed E-state index contributed by atoms with van der Waals surface area (Å²) in [5.74, 6) is 0.158. The first-order valence-electron chi connectivity index (χ1n) is 9.41. The number of benzene rings is 2. The highest BCUT2D eigenvalue weighted by molar-refractivity contribution is 5.94. The number of fused-ring (bicyclic) bond motifs is 2. The van der Waals surface area contributed by atoms with Crippen LogP contribution in [0.3, 0.4) is 0 Å². The van der Waals surface area contributed by atoms with E-state index >= 15 is 0 Å². The standard InChI is InChI=1S/C21H21F3N2O3/c22-21(23,24)29-16-3-1-2-15(11-16)19(27)26-8-6-20(7-9-26)13-28-18-5-4-14(12-25)10-17(18)20/h1-5,10-11H,6-9,12-13,25H2. The average Bonchev–Trinajstić information content (AvgIpc) is 3.04. The molecule has 154 valence electrons. The lowest BCUT2D eigenvalue weighted by Gasteiger charge is -2.38. The largest absolute Gasteiger partial charge is 0.573 e. The Morgan fingerprint density at radius 3 is 2.62 bits per heavy atom. The van der Waals surface area contributed by atoms with Gasteiger partial charge in [0.25, 0.3) is 5.91 Å². The number of nitrogens with zero attached hydrogens (tertiary/aromatic N) is 1. The Morgan fingerprint density at radius 1 is 1.17 bits per heavy atom. The van der Waals surface area contributed by atoms with Gasteiger partial charge in [0.05, 0.1) is 6.61 Å². The molecule has 0 atom stereocenters. The summed E-state index contributed by atoms with van der Waals surface area (Å²) >= 11 is 0. The van der Waals surface area contributed by atoms with E-state index in [1.807, 2.05) is 12.1 Å². The van der Waals surface area contributed by atoms with Crippen molar-refractivity contribution in [2.24, 2.45) is 5.73 Å². The van der Waals surface area contributed by atoms with Gasteiger partial charge in [0.1, 0.15) is 11.5 Å². The van der Waals surface area contributed by atoms with Crippen LogP contribution in [0, 0.1) is 0 Å². The highest BCUT2D eigenvalue weighted by Crippen LogP contribution is 2.46. The van der Waals surface area contributed by atoms with Gasteiger partial charge < -0.3 is 20.1 Å². The van der Waals surface area contributed by atoms with Gasteiger partial charge in [-0.2, -0.15) is 0 Å². The average molecular weight is 406 g/mol. The highest BCUT2D eigenvalue weighted by atomic mass is 19.4. The molecule has 2 aliphatic heterocycles. The van der Waals surface area contributed by atoms with Crippen molar-refractivity contribution < 1.29 is 27.4 Å². The van der Waals surface area contributed by atoms with Crippen LogP contribution in [0.1, 0.15) is 34.3 Å². The van der Waals surface area contributed by atoms with Crippen LogP contribution in [0.15, 0.2) is 42.5 Å². The van der Waals surface area contributed by atoms with Crippen LogP contribution < -0.4 is 15.2 Å². The summed E-state index contributed by atoms with van der Waals surface area (Å²) in [5.41, 5.74) is 7.96. The molecule has 1 spiro atoms. The Balaban J connectivity index is 1.47. The zero-order chi connectivity index (χ0) is 20.6. The van der Waals surface area contributed by atoms with Crippen molar-refractivity contribution in [3.05, 3.63) is 59.2 Å². The van der Waals surface area contributed by atoms with E-state index < -0.39 is 12.1 Å². The predicted molar refractivity (Wildman–Crippen MR) is 99.8 cm³/mol. The van der Waals surface area contributed by atoms with E-state index in [-0.39, 0.29) is 16.9 Å². The molecule has 2 heterocycles. The second-order valence-corrected chi connectivity index (χ2v) is 7.47. The van der Waals surface area contributed by atoms with E-state index in [4.69, 9.17) is 10.5 Å². The molecule has 0 saturated carbocycles. The number of hydrogen-bond donors (Lipinski definition) is 1. The number of carbonyl (C=O) groups is 1. The van der Waals surface area contributed by atoms with E-state index in [1.165, 1.54) is 18.2 Å². The fourth-order valence-electron chi connectivity index (χ4n) is 4.10. The number of amides is 1. The Morgan fingerprint density at radius 2 is 1.93 bits per heavy atom. The maximum atomic E-state index is 12.8. The molecule has 0 unspecified atom stereocenters. The normalized spacial score (nSPS) is 17.7. The summed E-state index contributed by atoms with van der Waals surface area (Å²) in [7, 11) is 0. The first-order chi connectivity index (χ1) is 13.8. The van der Waals surface area contributed by atoms with Crippen molar-refractivity contribution in [2.45, 2.75) is 31.2 Å². The lowest BCUT2D eigenvalue weighted by atomic mass is 9.74. The molecule has 8 heteroatoms. The van der Waals surface area contributed by atoms with Gasteiger partial charge in [-0.05, 0) is 42.7 Å². The number of ether oxygens (including phenoxy) is 2. The number of nitrogens with two attached hydrogens (primary N) is 1. The van der Waals surface area contributed by atoms with Crippen LogP contribution >= 0.6 is 0 Å². The second kappa shape index (κ2) is 7.26. The molecule has 4 rings (SSSR count). The maximum absolute atomic E-state index is 12.8. The van der Waals surface area contributed by atoms with Crippen molar-refractivity contribution in [1.82, 2.24) is 4.90 Å². The molecule has 1 fully saturated rings. The highest BCUT2D eigenvalue weighted by Gasteiger charge is 2.44. The van der Waals surface area contributed by atoms with Gasteiger partial charge in [0, 0.05) is 36.2 Å². The van der Waals surface area contributed by atoms with Crippen LogP contribution in [0.4, 0.5) is 13.2 Å². The van der Waals surface area contributed by atoms with Crippen molar-refractivity contribution in [2.75, 3.05) is 19.7 Å². The molecule has 2 aromatic carbocycles. The molecule has 0 bridgehead atoms. The summed E-state index contributed by atoms with van der Waals surface area (Å²) in [6.07, 6.45) is -3.35. The van der Waals surface area contributed by atoms with Gasteiger partial charge in [-0.15, -0.1) is 13.2 Å². The van der Waals surface area contributed by atoms with Crippen LogP contribution in [0.2, 0.25) is 0 Å². The molecule has 29 heavy (non-hydrogen) atoms. The molecule has 2 aromatic rings. The van der Waals surface area contributed by atoms with Crippen LogP contribution in [-0.4, -0.2) is 36.9 Å². The van der Waals surface area contributed by atoms with Gasteiger partial charge in [-0.3, -0.25) is 4.79 Å². The number of likely N-dealkylation sites (tertiary alicyclic amines) is 1. The van der Waals surface area contributed by atoms with E-state index in [0.29, 0.717) is 26.2 Å². The van der Waals surface area contributed by atoms with Crippen LogP contribution in [0.5, 0.6) is 11.5 Å². The number of halogens is 3. The smallest absolute Gasteiger partial charge is 0.492 e. The summed E-state index contributed by atoms with van der Waals surface area (Å²) < 4.78 is 47.1. The molecule has 1 amide bonds. The lowest BCUT2D eigenvalue weighted by molar-refractivity contribution is -0.274. The quantitative estimate of drug-likeness (QED) is 0.846. The van der Waals surface area contributed by atoms with Crippen molar-refractivity contribution >= 4 is 5.91 Å². The number of alkyl halides is 3. The minimum atomic E-state index is -4.79. The SMILES string of the molecule is NCc1ccc2c(c1)C1(CCN(C(=O)c3cccc(OC(F)(F)F)c3)CC1)CO2. The van der Waals surface area contributed by atoms with Crippen molar-refractivity contribution in [3.63, 3.8) is 0 Å². The summed E-state index contributed by atoms with van der Waals surface area (Å²) in [6, 6.07) is 11.2. The first-order valence-corrected chi connectivity index (χ1v) is 9.41. The van der Waals surface area contributed by atoms with Gasteiger partial charge in [-0.25, -0.2) is 0 Å². The van der Waals surface area contributed by atoms with E-state index in [1.54, 1.807) is 4.90 Å². The third-order valence-corrected chi connectivity index (χ3v) is 5.68. The molecule has 2 aliphatic rings. The Hall–Kier alpha value is -2.74. The topological polar surface area (TPSA) is 64.8 Å². The van der Waals surface area contributed by atoms with E-state index in [2.05, 4.69) is 10.8 Å². The summed E-state index contributed by atoms with van der Waals surface area (Å²) in [4.78, 5) is 14.5. The van der Waals surface area contributed by atoms with Gasteiger partial charge in [0.2, 0.25) is 0 Å². The third-order valence-electron chi connectivity index (χ3n) is 5.68. The minimum Gasteiger partial charge on any atom is -0.492 e. The van der Waals surface area contributed by atoms with Gasteiger partial charge in [-0.1, -0.05) is 18.2 Å². The maximum Gasteiger partial charge on any atom is 0.573 e. The number of piperidine rings is 1.